The molecule has 0 fully saturated rings. The number of carbonyl (C=O) groups is 2. The van der Waals surface area contributed by atoms with Crippen molar-refractivity contribution in [2.45, 2.75) is 45.6 Å². The zero-order valence-corrected chi connectivity index (χ0v) is 14.5. The number of esters is 1. The lowest BCUT2D eigenvalue weighted by Crippen LogP contribution is -2.16. The van der Waals surface area contributed by atoms with Gasteiger partial charge < -0.3 is 9.30 Å². The molecule has 0 amide bonds. The van der Waals surface area contributed by atoms with E-state index in [9.17, 15) is 9.59 Å². The van der Waals surface area contributed by atoms with Crippen LogP contribution in [0.4, 0.5) is 0 Å². The Kier molecular flexibility index (Phi) is 4.56. The van der Waals surface area contributed by atoms with Crippen molar-refractivity contribution in [2.75, 3.05) is 7.11 Å². The first-order valence-electron chi connectivity index (χ1n) is 8.44. The van der Waals surface area contributed by atoms with Gasteiger partial charge in [-0.05, 0) is 36.0 Å². The molecule has 0 spiro atoms. The highest BCUT2D eigenvalue weighted by molar-refractivity contribution is 6.01. The maximum absolute atomic E-state index is 12.2. The Hall–Kier alpha value is -2.36. The normalized spacial score (nSPS) is 13.9. The van der Waals surface area contributed by atoms with Gasteiger partial charge >= 0.3 is 5.97 Å². The monoisotopic (exact) mass is 325 g/mol. The van der Waals surface area contributed by atoms with Crippen molar-refractivity contribution in [1.29, 1.82) is 0 Å². The van der Waals surface area contributed by atoms with Crippen LogP contribution in [-0.2, 0) is 17.7 Å². The highest BCUT2D eigenvalue weighted by Crippen LogP contribution is 2.27. The zero-order valence-electron chi connectivity index (χ0n) is 14.5. The first kappa shape index (κ1) is 16.5. The van der Waals surface area contributed by atoms with E-state index >= 15 is 0 Å². The van der Waals surface area contributed by atoms with Crippen molar-refractivity contribution < 1.29 is 14.3 Å². The van der Waals surface area contributed by atoms with Crippen molar-refractivity contribution in [3.63, 3.8) is 0 Å². The quantitative estimate of drug-likeness (QED) is 0.799. The van der Waals surface area contributed by atoms with E-state index in [-0.39, 0.29) is 5.78 Å². The maximum Gasteiger partial charge on any atom is 0.354 e. The molecule has 4 nitrogen and oxygen atoms in total. The number of fused-ring (bicyclic) bond motifs is 1. The van der Waals surface area contributed by atoms with Crippen LogP contribution in [0.5, 0.6) is 0 Å². The van der Waals surface area contributed by atoms with E-state index in [4.69, 9.17) is 4.74 Å². The van der Waals surface area contributed by atoms with Crippen LogP contribution in [0.3, 0.4) is 0 Å². The van der Waals surface area contributed by atoms with Crippen molar-refractivity contribution in [2.24, 2.45) is 0 Å². The molecule has 1 aromatic carbocycles. The van der Waals surface area contributed by atoms with Crippen molar-refractivity contribution in [1.82, 2.24) is 4.57 Å². The Labute approximate surface area is 142 Å². The number of carbonyl (C=O) groups excluding carboxylic acids is 2. The third kappa shape index (κ3) is 3.01. The van der Waals surface area contributed by atoms with E-state index in [1.165, 1.54) is 12.7 Å². The highest BCUT2D eigenvalue weighted by atomic mass is 16.5. The molecule has 2 aromatic rings. The van der Waals surface area contributed by atoms with Crippen LogP contribution in [-0.4, -0.2) is 23.4 Å². The van der Waals surface area contributed by atoms with E-state index in [0.29, 0.717) is 30.1 Å². The Morgan fingerprint density at radius 1 is 1.21 bits per heavy atom. The Morgan fingerprint density at radius 3 is 2.54 bits per heavy atom. The number of aromatic nitrogens is 1. The van der Waals surface area contributed by atoms with Gasteiger partial charge in [0.05, 0.1) is 7.11 Å². The minimum Gasteiger partial charge on any atom is -0.464 e. The minimum absolute atomic E-state index is 0.121. The fourth-order valence-corrected chi connectivity index (χ4v) is 3.30. The fourth-order valence-electron chi connectivity index (χ4n) is 3.30. The number of ether oxygens (including phenoxy) is 1. The molecule has 0 N–H and O–H groups in total. The van der Waals surface area contributed by atoms with Crippen LogP contribution >= 0.6 is 0 Å². The molecule has 0 radical (unpaired) electrons. The van der Waals surface area contributed by atoms with Crippen molar-refractivity contribution >= 4 is 11.8 Å². The van der Waals surface area contributed by atoms with Gasteiger partial charge in [-0.15, -0.1) is 0 Å². The van der Waals surface area contributed by atoms with E-state index in [1.807, 2.05) is 4.57 Å². The molecule has 0 saturated carbocycles. The summed E-state index contributed by atoms with van der Waals surface area (Å²) in [5.74, 6) is 0.216. The average Bonchev–Trinajstić information content (AvgIpc) is 2.95. The first-order chi connectivity index (χ1) is 11.5. The Morgan fingerprint density at radius 2 is 1.92 bits per heavy atom. The molecule has 24 heavy (non-hydrogen) atoms. The summed E-state index contributed by atoms with van der Waals surface area (Å²) in [7, 11) is 1.37. The average molecular weight is 325 g/mol. The van der Waals surface area contributed by atoms with Gasteiger partial charge in [0, 0.05) is 24.2 Å². The molecule has 3 rings (SSSR count). The SMILES string of the molecule is COC(=O)c1cc2c(n1Cc1ccc(C(C)C)cc1)CCCC2=O. The van der Waals surface area contributed by atoms with Crippen LogP contribution < -0.4 is 0 Å². The number of hydrogen-bond donors (Lipinski definition) is 0. The molecule has 0 atom stereocenters. The molecule has 1 heterocycles. The van der Waals surface area contributed by atoms with Gasteiger partial charge in [-0.1, -0.05) is 38.1 Å². The Balaban J connectivity index is 1.99. The summed E-state index contributed by atoms with van der Waals surface area (Å²) in [5, 5.41) is 0. The number of ketones is 1. The minimum atomic E-state index is -0.393. The largest absolute Gasteiger partial charge is 0.464 e. The lowest BCUT2D eigenvalue weighted by Gasteiger charge is -2.16. The van der Waals surface area contributed by atoms with Crippen LogP contribution in [0.2, 0.25) is 0 Å². The highest BCUT2D eigenvalue weighted by Gasteiger charge is 2.26. The number of benzene rings is 1. The summed E-state index contributed by atoms with van der Waals surface area (Å²) in [6, 6.07) is 10.1. The predicted molar refractivity (Wildman–Crippen MR) is 92.7 cm³/mol. The van der Waals surface area contributed by atoms with E-state index in [1.54, 1.807) is 6.07 Å². The third-order valence-corrected chi connectivity index (χ3v) is 4.71. The zero-order chi connectivity index (χ0) is 17.3. The summed E-state index contributed by atoms with van der Waals surface area (Å²) in [5.41, 5.74) is 4.50. The summed E-state index contributed by atoms with van der Waals surface area (Å²) in [6.07, 6.45) is 2.21. The van der Waals surface area contributed by atoms with Crippen LogP contribution in [0.1, 0.15) is 70.3 Å². The number of methoxy groups -OCH3 is 1. The topological polar surface area (TPSA) is 48.3 Å². The molecule has 4 heteroatoms. The van der Waals surface area contributed by atoms with Crippen LogP contribution in [0, 0.1) is 0 Å². The fraction of sp³-hybridized carbons (Fsp3) is 0.400. The predicted octanol–water partition coefficient (Wildman–Crippen LogP) is 3.97. The molecule has 126 valence electrons. The molecule has 1 aromatic heterocycles. The molecule has 0 saturated heterocycles. The van der Waals surface area contributed by atoms with Gasteiger partial charge in [0.2, 0.25) is 0 Å². The van der Waals surface area contributed by atoms with Crippen LogP contribution in [0.25, 0.3) is 0 Å². The summed E-state index contributed by atoms with van der Waals surface area (Å²) in [4.78, 5) is 24.3. The van der Waals surface area contributed by atoms with Crippen LogP contribution in [0.15, 0.2) is 30.3 Å². The molecular weight excluding hydrogens is 302 g/mol. The van der Waals surface area contributed by atoms with Gasteiger partial charge in [-0.25, -0.2) is 4.79 Å². The molecular formula is C20H23NO3. The van der Waals surface area contributed by atoms with Crippen molar-refractivity contribution in [3.8, 4) is 0 Å². The van der Waals surface area contributed by atoms with Gasteiger partial charge in [0.25, 0.3) is 0 Å². The second-order valence-corrected chi connectivity index (χ2v) is 6.64. The second-order valence-electron chi connectivity index (χ2n) is 6.64. The van der Waals surface area contributed by atoms with Crippen molar-refractivity contribution in [3.05, 3.63) is 58.4 Å². The standard InChI is InChI=1S/C20H23NO3/c1-13(2)15-9-7-14(8-10-15)12-21-17-5-4-6-19(22)16(17)11-18(21)20(23)24-3/h7-11,13H,4-6,12H2,1-3H3. The number of hydrogen-bond acceptors (Lipinski definition) is 3. The molecule has 0 unspecified atom stereocenters. The van der Waals surface area contributed by atoms with E-state index in [0.717, 1.165) is 24.1 Å². The second kappa shape index (κ2) is 6.63. The molecule has 0 bridgehead atoms. The first-order valence-corrected chi connectivity index (χ1v) is 8.44. The van der Waals surface area contributed by atoms with Gasteiger partial charge in [0.15, 0.2) is 5.78 Å². The molecule has 1 aliphatic rings. The number of nitrogens with zero attached hydrogens (tertiary/aromatic N) is 1. The summed E-state index contributed by atoms with van der Waals surface area (Å²) >= 11 is 0. The van der Waals surface area contributed by atoms with Gasteiger partial charge in [0.1, 0.15) is 5.69 Å². The third-order valence-electron chi connectivity index (χ3n) is 4.71. The Bertz CT molecular complexity index is 769. The van der Waals surface area contributed by atoms with E-state index < -0.39 is 5.97 Å². The van der Waals surface area contributed by atoms with Gasteiger partial charge in [-0.2, -0.15) is 0 Å². The lowest BCUT2D eigenvalue weighted by atomic mass is 9.96. The van der Waals surface area contributed by atoms with Gasteiger partial charge in [-0.3, -0.25) is 4.79 Å². The number of Topliss-reactive ketones (excluding diaryl/α,β-unsaturated/α-hetero) is 1. The lowest BCUT2D eigenvalue weighted by molar-refractivity contribution is 0.0588. The maximum atomic E-state index is 12.2. The summed E-state index contributed by atoms with van der Waals surface area (Å²) < 4.78 is 6.85. The smallest absolute Gasteiger partial charge is 0.354 e. The summed E-state index contributed by atoms with van der Waals surface area (Å²) in [6.45, 7) is 4.90. The number of rotatable bonds is 4. The molecule has 1 aliphatic carbocycles. The molecule has 0 aliphatic heterocycles. The van der Waals surface area contributed by atoms with E-state index in [2.05, 4.69) is 38.1 Å².